The molecule has 0 saturated carbocycles. The van der Waals surface area contributed by atoms with Crippen molar-refractivity contribution in [3.05, 3.63) is 41.4 Å². The summed E-state index contributed by atoms with van der Waals surface area (Å²) in [5.74, 6) is 1.29. The molecule has 0 radical (unpaired) electrons. The lowest BCUT2D eigenvalue weighted by atomic mass is 10.1. The molecule has 1 aliphatic rings. The molecule has 2 aromatic rings. The van der Waals surface area contributed by atoms with Crippen molar-refractivity contribution in [1.29, 1.82) is 0 Å². The Labute approximate surface area is 136 Å². The van der Waals surface area contributed by atoms with E-state index >= 15 is 0 Å². The standard InChI is InChI=1S/C17H23N3O3/c1-4-22-9-6-14-11-18-16-13(3)19(7-8-20(14)16)17(21)15-12(2)5-10-23-15/h5,10-11,13H,4,6-9H2,1-3H3. The van der Waals surface area contributed by atoms with E-state index in [1.807, 2.05) is 37.9 Å². The first-order chi connectivity index (χ1) is 11.1. The Morgan fingerprint density at radius 1 is 1.48 bits per heavy atom. The van der Waals surface area contributed by atoms with Gasteiger partial charge in [-0.2, -0.15) is 0 Å². The lowest BCUT2D eigenvalue weighted by Crippen LogP contribution is -2.41. The number of imidazole rings is 1. The molecule has 0 N–H and O–H groups in total. The first-order valence-electron chi connectivity index (χ1n) is 8.10. The van der Waals surface area contributed by atoms with Gasteiger partial charge in [-0.1, -0.05) is 0 Å². The van der Waals surface area contributed by atoms with Crippen molar-refractivity contribution < 1.29 is 13.9 Å². The molecule has 2 aromatic heterocycles. The van der Waals surface area contributed by atoms with E-state index in [0.717, 1.165) is 31.0 Å². The number of rotatable bonds is 5. The Kier molecular flexibility index (Phi) is 4.52. The molecule has 0 aliphatic carbocycles. The van der Waals surface area contributed by atoms with Crippen LogP contribution < -0.4 is 0 Å². The van der Waals surface area contributed by atoms with Gasteiger partial charge < -0.3 is 18.6 Å². The van der Waals surface area contributed by atoms with Crippen molar-refractivity contribution in [2.75, 3.05) is 19.8 Å². The highest BCUT2D eigenvalue weighted by molar-refractivity contribution is 5.93. The summed E-state index contributed by atoms with van der Waals surface area (Å²) in [5.41, 5.74) is 2.04. The van der Waals surface area contributed by atoms with Gasteiger partial charge in [0.05, 0.1) is 18.9 Å². The van der Waals surface area contributed by atoms with Crippen LogP contribution >= 0.6 is 0 Å². The molecule has 0 fully saturated rings. The molecule has 3 rings (SSSR count). The van der Waals surface area contributed by atoms with Gasteiger partial charge in [0.1, 0.15) is 5.82 Å². The summed E-state index contributed by atoms with van der Waals surface area (Å²) in [6.07, 6.45) is 4.31. The van der Waals surface area contributed by atoms with Crippen molar-refractivity contribution in [1.82, 2.24) is 14.5 Å². The number of carbonyl (C=O) groups excluding carboxylic acids is 1. The van der Waals surface area contributed by atoms with Crippen LogP contribution in [0.5, 0.6) is 0 Å². The predicted octanol–water partition coefficient (Wildman–Crippen LogP) is 2.58. The Morgan fingerprint density at radius 3 is 3.00 bits per heavy atom. The van der Waals surface area contributed by atoms with Crippen LogP contribution in [0.4, 0.5) is 0 Å². The quantitative estimate of drug-likeness (QED) is 0.795. The van der Waals surface area contributed by atoms with E-state index < -0.39 is 0 Å². The highest BCUT2D eigenvalue weighted by Gasteiger charge is 2.32. The third-order valence-corrected chi connectivity index (χ3v) is 4.40. The summed E-state index contributed by atoms with van der Waals surface area (Å²) in [6, 6.07) is 1.75. The molecule has 6 heteroatoms. The third kappa shape index (κ3) is 2.91. The number of amides is 1. The maximum atomic E-state index is 12.7. The zero-order chi connectivity index (χ0) is 16.4. The number of furan rings is 1. The van der Waals surface area contributed by atoms with Gasteiger partial charge in [0.2, 0.25) is 0 Å². The number of hydrogen-bond donors (Lipinski definition) is 0. The lowest BCUT2D eigenvalue weighted by Gasteiger charge is -2.34. The van der Waals surface area contributed by atoms with Gasteiger partial charge in [0.25, 0.3) is 5.91 Å². The SMILES string of the molecule is CCOCCc1cnc2n1CCN(C(=O)c1occc1C)C2C. The molecule has 0 spiro atoms. The number of ether oxygens (including phenoxy) is 1. The second-order valence-electron chi connectivity index (χ2n) is 5.81. The molecule has 0 bridgehead atoms. The average Bonchev–Trinajstić information content (AvgIpc) is 3.14. The highest BCUT2D eigenvalue weighted by Crippen LogP contribution is 2.27. The number of fused-ring (bicyclic) bond motifs is 1. The van der Waals surface area contributed by atoms with E-state index in [4.69, 9.17) is 9.15 Å². The van der Waals surface area contributed by atoms with Crippen molar-refractivity contribution in [3.8, 4) is 0 Å². The molecule has 124 valence electrons. The second-order valence-corrected chi connectivity index (χ2v) is 5.81. The minimum Gasteiger partial charge on any atom is -0.459 e. The monoisotopic (exact) mass is 317 g/mol. The molecule has 0 saturated heterocycles. The number of hydrogen-bond acceptors (Lipinski definition) is 4. The molecule has 1 atom stereocenters. The van der Waals surface area contributed by atoms with Crippen LogP contribution in [-0.2, 0) is 17.7 Å². The fourth-order valence-corrected chi connectivity index (χ4v) is 3.08. The van der Waals surface area contributed by atoms with Gasteiger partial charge in [-0.25, -0.2) is 4.98 Å². The maximum absolute atomic E-state index is 12.7. The predicted molar refractivity (Wildman–Crippen MR) is 85.3 cm³/mol. The summed E-state index contributed by atoms with van der Waals surface area (Å²) < 4.78 is 13.0. The first-order valence-corrected chi connectivity index (χ1v) is 8.10. The topological polar surface area (TPSA) is 60.5 Å². The van der Waals surface area contributed by atoms with Crippen LogP contribution in [0.25, 0.3) is 0 Å². The van der Waals surface area contributed by atoms with Crippen LogP contribution in [-0.4, -0.2) is 40.1 Å². The van der Waals surface area contributed by atoms with Gasteiger partial charge >= 0.3 is 0 Å². The molecular weight excluding hydrogens is 294 g/mol. The van der Waals surface area contributed by atoms with Crippen LogP contribution in [0, 0.1) is 6.92 Å². The van der Waals surface area contributed by atoms with Crippen LogP contribution in [0.2, 0.25) is 0 Å². The van der Waals surface area contributed by atoms with E-state index in [2.05, 4.69) is 9.55 Å². The fraction of sp³-hybridized carbons (Fsp3) is 0.529. The molecule has 3 heterocycles. The fourth-order valence-electron chi connectivity index (χ4n) is 3.08. The van der Waals surface area contributed by atoms with Crippen molar-refractivity contribution in [3.63, 3.8) is 0 Å². The first kappa shape index (κ1) is 15.8. The Bertz CT molecular complexity index is 689. The Balaban J connectivity index is 1.77. The largest absolute Gasteiger partial charge is 0.459 e. The molecule has 1 unspecified atom stereocenters. The summed E-state index contributed by atoms with van der Waals surface area (Å²) in [4.78, 5) is 19.1. The number of aryl methyl sites for hydroxylation is 1. The second kappa shape index (κ2) is 6.58. The summed E-state index contributed by atoms with van der Waals surface area (Å²) in [6.45, 7) is 8.73. The van der Waals surface area contributed by atoms with Gasteiger partial charge in [-0.05, 0) is 26.8 Å². The van der Waals surface area contributed by atoms with Crippen molar-refractivity contribution >= 4 is 5.91 Å². The van der Waals surface area contributed by atoms with Crippen LogP contribution in [0.1, 0.15) is 47.5 Å². The summed E-state index contributed by atoms with van der Waals surface area (Å²) in [7, 11) is 0. The number of aromatic nitrogens is 2. The average molecular weight is 317 g/mol. The van der Waals surface area contributed by atoms with Gasteiger partial charge in [-0.15, -0.1) is 0 Å². The molecule has 23 heavy (non-hydrogen) atoms. The van der Waals surface area contributed by atoms with Crippen molar-refractivity contribution in [2.24, 2.45) is 0 Å². The van der Waals surface area contributed by atoms with Gasteiger partial charge in [0.15, 0.2) is 5.76 Å². The molecule has 1 amide bonds. The third-order valence-electron chi connectivity index (χ3n) is 4.40. The van der Waals surface area contributed by atoms with Crippen LogP contribution in [0.3, 0.4) is 0 Å². The zero-order valence-corrected chi connectivity index (χ0v) is 13.9. The Hall–Kier alpha value is -2.08. The van der Waals surface area contributed by atoms with Gasteiger partial charge in [-0.3, -0.25) is 4.79 Å². The Morgan fingerprint density at radius 2 is 2.30 bits per heavy atom. The highest BCUT2D eigenvalue weighted by atomic mass is 16.5. The lowest BCUT2D eigenvalue weighted by molar-refractivity contribution is 0.0601. The number of carbonyl (C=O) groups is 1. The van der Waals surface area contributed by atoms with E-state index in [0.29, 0.717) is 18.9 Å². The molecule has 0 aromatic carbocycles. The van der Waals surface area contributed by atoms with E-state index in [1.54, 1.807) is 6.26 Å². The zero-order valence-electron chi connectivity index (χ0n) is 13.9. The van der Waals surface area contributed by atoms with Crippen molar-refractivity contribution in [2.45, 2.75) is 39.8 Å². The minimum absolute atomic E-state index is 0.0647. The summed E-state index contributed by atoms with van der Waals surface area (Å²) >= 11 is 0. The molecular formula is C17H23N3O3. The summed E-state index contributed by atoms with van der Waals surface area (Å²) in [5, 5.41) is 0. The van der Waals surface area contributed by atoms with E-state index in [1.165, 1.54) is 5.69 Å². The van der Waals surface area contributed by atoms with E-state index in [-0.39, 0.29) is 11.9 Å². The molecule has 6 nitrogen and oxygen atoms in total. The van der Waals surface area contributed by atoms with Crippen LogP contribution in [0.15, 0.2) is 22.9 Å². The normalized spacial score (nSPS) is 17.3. The maximum Gasteiger partial charge on any atom is 0.290 e. The van der Waals surface area contributed by atoms with E-state index in [9.17, 15) is 4.79 Å². The van der Waals surface area contributed by atoms with Gasteiger partial charge in [0, 0.05) is 43.6 Å². The smallest absolute Gasteiger partial charge is 0.290 e. The number of nitrogens with zero attached hydrogens (tertiary/aromatic N) is 3. The molecule has 1 aliphatic heterocycles. The minimum atomic E-state index is -0.0680.